The molecule has 0 radical (unpaired) electrons. The van der Waals surface area contributed by atoms with Crippen LogP contribution in [-0.2, 0) is 6.42 Å². The fourth-order valence-corrected chi connectivity index (χ4v) is 0.577. The molecule has 1 aromatic heterocycles. The van der Waals surface area contributed by atoms with Crippen molar-refractivity contribution in [3.8, 4) is 0 Å². The van der Waals surface area contributed by atoms with Gasteiger partial charge in [0.15, 0.2) is 0 Å². The Morgan fingerprint density at radius 3 is 2.73 bits per heavy atom. The lowest BCUT2D eigenvalue weighted by Crippen LogP contribution is -2.02. The summed E-state index contributed by atoms with van der Waals surface area (Å²) < 4.78 is 0. The van der Waals surface area contributed by atoms with E-state index >= 15 is 0 Å². The summed E-state index contributed by atoms with van der Waals surface area (Å²) in [5, 5.41) is 1.75. The second-order valence-electron chi connectivity index (χ2n) is 1.72. The number of nitrogens with one attached hydrogen (secondary N) is 1. The maximum atomic E-state index is 8.33. The molecule has 6 heteroatoms. The summed E-state index contributed by atoms with van der Waals surface area (Å²) in [6, 6.07) is 0. The number of nitroso groups, excluding NO2 is 1. The average molecular weight is 157 g/mol. The molecule has 6 nitrogen and oxygen atoms in total. The van der Waals surface area contributed by atoms with Crippen molar-refractivity contribution in [3.63, 3.8) is 0 Å². The molecule has 0 bridgehead atoms. The van der Waals surface area contributed by atoms with Crippen molar-refractivity contribution in [1.29, 1.82) is 0 Å². The maximum Gasteiger partial charge on any atom is 0.0921 e. The molecule has 0 amide bonds. The summed E-state index contributed by atoms with van der Waals surface area (Å²) >= 11 is 0. The van der Waals surface area contributed by atoms with Crippen molar-refractivity contribution >= 4 is 0 Å². The highest BCUT2D eigenvalue weighted by Gasteiger charge is 1.86. The molecule has 62 valence electrons. The van der Waals surface area contributed by atoms with Gasteiger partial charge < -0.3 is 10.7 Å². The van der Waals surface area contributed by atoms with Gasteiger partial charge in [0.1, 0.15) is 0 Å². The van der Waals surface area contributed by atoms with Crippen molar-refractivity contribution in [2.24, 2.45) is 16.9 Å². The van der Waals surface area contributed by atoms with Crippen LogP contribution in [0.1, 0.15) is 5.69 Å². The molecule has 5 N–H and O–H groups in total. The Morgan fingerprint density at radius 2 is 2.36 bits per heavy atom. The number of imidazole rings is 1. The maximum absolute atomic E-state index is 8.33. The quantitative estimate of drug-likeness (QED) is 0.306. The van der Waals surface area contributed by atoms with Gasteiger partial charge in [-0.2, -0.15) is 0 Å². The van der Waals surface area contributed by atoms with Gasteiger partial charge in [-0.15, -0.1) is 4.91 Å². The van der Waals surface area contributed by atoms with Crippen LogP contribution in [0.15, 0.2) is 17.8 Å². The molecule has 0 aromatic carbocycles. The highest BCUT2D eigenvalue weighted by atomic mass is 16.3. The predicted molar refractivity (Wildman–Crippen MR) is 41.3 cm³/mol. The molecule has 1 rings (SSSR count). The normalized spacial score (nSPS) is 8.09. The zero-order chi connectivity index (χ0) is 8.53. The third kappa shape index (κ3) is 5.04. The summed E-state index contributed by atoms with van der Waals surface area (Å²) in [6.45, 7) is 0.683. The molecule has 0 saturated heterocycles. The minimum atomic E-state index is 0.683. The van der Waals surface area contributed by atoms with Gasteiger partial charge in [0.05, 0.1) is 6.33 Å². The standard InChI is InChI=1S/C5H9N3.H2N2O/c6-2-1-5-3-7-4-8-5;1-2-3/h3-4H,1-2,6H2,(H,7,8);(H2,1,3). The highest BCUT2D eigenvalue weighted by Crippen LogP contribution is 1.88. The van der Waals surface area contributed by atoms with Crippen LogP contribution in [0.2, 0.25) is 0 Å². The van der Waals surface area contributed by atoms with E-state index in [0.29, 0.717) is 6.54 Å². The number of hydrogen-bond acceptors (Lipinski definition) is 4. The van der Waals surface area contributed by atoms with E-state index in [1.54, 1.807) is 17.8 Å². The van der Waals surface area contributed by atoms with E-state index in [9.17, 15) is 0 Å². The highest BCUT2D eigenvalue weighted by molar-refractivity contribution is 4.93. The van der Waals surface area contributed by atoms with Crippen LogP contribution in [0.5, 0.6) is 0 Å². The van der Waals surface area contributed by atoms with E-state index in [0.717, 1.165) is 12.1 Å². The minimum Gasteiger partial charge on any atom is -0.348 e. The van der Waals surface area contributed by atoms with Gasteiger partial charge in [-0.1, -0.05) is 0 Å². The number of aromatic nitrogens is 2. The fourth-order valence-electron chi connectivity index (χ4n) is 0.577. The van der Waals surface area contributed by atoms with Gasteiger partial charge in [-0.25, -0.2) is 4.98 Å². The molecule has 1 aromatic rings. The lowest BCUT2D eigenvalue weighted by molar-refractivity contribution is 0.935. The first-order chi connectivity index (χ1) is 5.35. The second kappa shape index (κ2) is 6.69. The molecule has 1 heterocycles. The third-order valence-corrected chi connectivity index (χ3v) is 0.969. The van der Waals surface area contributed by atoms with E-state index in [1.165, 1.54) is 0 Å². The first-order valence-electron chi connectivity index (χ1n) is 3.05. The first-order valence-corrected chi connectivity index (χ1v) is 3.05. The van der Waals surface area contributed by atoms with Crippen LogP contribution in [-0.4, -0.2) is 16.5 Å². The Hall–Kier alpha value is -1.43. The zero-order valence-corrected chi connectivity index (χ0v) is 6.03. The molecule has 0 unspecified atom stereocenters. The largest absolute Gasteiger partial charge is 0.348 e. The summed E-state index contributed by atoms with van der Waals surface area (Å²) in [7, 11) is 0. The van der Waals surface area contributed by atoms with Crippen molar-refractivity contribution in [2.45, 2.75) is 6.42 Å². The lowest BCUT2D eigenvalue weighted by Gasteiger charge is -1.86. The Kier molecular flexibility index (Phi) is 5.82. The van der Waals surface area contributed by atoms with Gasteiger partial charge in [0, 0.05) is 23.6 Å². The Morgan fingerprint density at radius 1 is 1.73 bits per heavy atom. The van der Waals surface area contributed by atoms with E-state index in [4.69, 9.17) is 10.6 Å². The second-order valence-corrected chi connectivity index (χ2v) is 1.72. The molecule has 0 saturated carbocycles. The van der Waals surface area contributed by atoms with Gasteiger partial charge in [-0.05, 0) is 6.54 Å². The minimum absolute atomic E-state index is 0.683. The van der Waals surface area contributed by atoms with Gasteiger partial charge >= 0.3 is 0 Å². The van der Waals surface area contributed by atoms with Crippen molar-refractivity contribution in [2.75, 3.05) is 6.54 Å². The lowest BCUT2D eigenvalue weighted by atomic mass is 10.3. The number of nitrogens with zero attached hydrogens (tertiary/aromatic N) is 2. The van der Waals surface area contributed by atoms with Crippen LogP contribution >= 0.6 is 0 Å². The Bertz CT molecular complexity index is 173. The monoisotopic (exact) mass is 157 g/mol. The molecule has 0 spiro atoms. The summed E-state index contributed by atoms with van der Waals surface area (Å²) in [5.41, 5.74) is 6.38. The molecule has 0 aliphatic carbocycles. The van der Waals surface area contributed by atoms with Crippen LogP contribution < -0.4 is 11.6 Å². The van der Waals surface area contributed by atoms with E-state index in [-0.39, 0.29) is 0 Å². The number of H-pyrrole nitrogens is 1. The molecule has 0 aliphatic heterocycles. The molecule has 11 heavy (non-hydrogen) atoms. The predicted octanol–water partition coefficient (Wildman–Crippen LogP) is -0.463. The van der Waals surface area contributed by atoms with Crippen molar-refractivity contribution in [1.82, 2.24) is 9.97 Å². The molecule has 0 fully saturated rings. The SMILES string of the molecule is NCCc1cnc[nH]1.NN=O. The number of nitrogens with two attached hydrogens (primary N) is 2. The number of aromatic amines is 1. The van der Waals surface area contributed by atoms with Crippen LogP contribution in [0.25, 0.3) is 0 Å². The topological polar surface area (TPSA) is 110 Å². The zero-order valence-electron chi connectivity index (χ0n) is 6.03. The van der Waals surface area contributed by atoms with E-state index < -0.39 is 0 Å². The van der Waals surface area contributed by atoms with Crippen LogP contribution in [0, 0.1) is 4.91 Å². The first kappa shape index (κ1) is 9.57. The average Bonchev–Trinajstić information content (AvgIpc) is 2.42. The smallest absolute Gasteiger partial charge is 0.0921 e. The van der Waals surface area contributed by atoms with Gasteiger partial charge in [-0.3, -0.25) is 5.84 Å². The Balaban J connectivity index is 0.000000292. The molecular formula is C5H11N5O. The molecule has 0 aliphatic rings. The molecular weight excluding hydrogens is 146 g/mol. The number of hydrogen-bond donors (Lipinski definition) is 3. The van der Waals surface area contributed by atoms with Crippen molar-refractivity contribution in [3.05, 3.63) is 23.1 Å². The Labute approximate surface area is 63.9 Å². The molecule has 0 atom stereocenters. The third-order valence-electron chi connectivity index (χ3n) is 0.969. The number of rotatable bonds is 2. The van der Waals surface area contributed by atoms with Gasteiger partial charge in [0.25, 0.3) is 0 Å². The van der Waals surface area contributed by atoms with Crippen molar-refractivity contribution < 1.29 is 0 Å². The summed E-state index contributed by atoms with van der Waals surface area (Å²) in [5.74, 6) is 3.92. The summed E-state index contributed by atoms with van der Waals surface area (Å²) in [6.07, 6.45) is 4.33. The van der Waals surface area contributed by atoms with Crippen LogP contribution in [0.4, 0.5) is 0 Å². The van der Waals surface area contributed by atoms with E-state index in [2.05, 4.69) is 15.8 Å². The summed E-state index contributed by atoms with van der Waals surface area (Å²) in [4.78, 5) is 15.1. The van der Waals surface area contributed by atoms with E-state index in [1.807, 2.05) is 0 Å². The van der Waals surface area contributed by atoms with Crippen LogP contribution in [0.3, 0.4) is 0 Å². The fraction of sp³-hybridized carbons (Fsp3) is 0.400. The van der Waals surface area contributed by atoms with Gasteiger partial charge in [0.2, 0.25) is 0 Å².